The minimum absolute atomic E-state index is 0.262. The number of fused-ring (bicyclic) bond motifs is 1. The first-order valence-corrected chi connectivity index (χ1v) is 8.46. The number of ether oxygens (including phenoxy) is 1. The van der Waals surface area contributed by atoms with Crippen molar-refractivity contribution in [2.45, 2.75) is 31.6 Å². The van der Waals surface area contributed by atoms with E-state index in [1.807, 2.05) is 5.32 Å². The first-order chi connectivity index (χ1) is 12.8. The lowest BCUT2D eigenvalue weighted by Crippen LogP contribution is -2.45. The smallest absolute Gasteiger partial charge is 0.405 e. The van der Waals surface area contributed by atoms with Crippen LogP contribution in [0.5, 0.6) is 5.75 Å². The summed E-state index contributed by atoms with van der Waals surface area (Å²) in [5, 5.41) is 2.63. The van der Waals surface area contributed by atoms with Gasteiger partial charge in [0, 0.05) is 24.1 Å². The molecule has 146 valence electrons. The maximum absolute atomic E-state index is 12.3. The lowest BCUT2D eigenvalue weighted by Gasteiger charge is -2.24. The Morgan fingerprint density at radius 3 is 2.85 bits per heavy atom. The summed E-state index contributed by atoms with van der Waals surface area (Å²) in [5.41, 5.74) is 0.469. The Kier molecular flexibility index (Phi) is 5.41. The molecule has 2 heterocycles. The summed E-state index contributed by atoms with van der Waals surface area (Å²) < 4.78 is 47.4. The quantitative estimate of drug-likeness (QED) is 0.802. The number of methoxy groups -OCH3 is 1. The minimum atomic E-state index is -4.45. The molecule has 1 aliphatic rings. The molecule has 0 bridgehead atoms. The van der Waals surface area contributed by atoms with Crippen molar-refractivity contribution >= 4 is 16.9 Å². The number of likely N-dealkylation sites (tertiary alicyclic amines) is 1. The third-order valence-corrected chi connectivity index (χ3v) is 4.54. The molecule has 3 rings (SSSR count). The van der Waals surface area contributed by atoms with Crippen LogP contribution in [-0.4, -0.2) is 43.2 Å². The van der Waals surface area contributed by atoms with Crippen LogP contribution in [0.4, 0.5) is 13.2 Å². The summed E-state index contributed by atoms with van der Waals surface area (Å²) in [5.74, 6) is -0.118. The maximum Gasteiger partial charge on any atom is 0.405 e. The largest absolute Gasteiger partial charge is 0.497 e. The fourth-order valence-electron chi connectivity index (χ4n) is 3.30. The molecule has 1 N–H and O–H groups in total. The van der Waals surface area contributed by atoms with E-state index in [-0.39, 0.29) is 6.54 Å². The zero-order chi connectivity index (χ0) is 19.6. The predicted octanol–water partition coefficient (Wildman–Crippen LogP) is 2.44. The first-order valence-electron chi connectivity index (χ1n) is 8.46. The highest BCUT2D eigenvalue weighted by Gasteiger charge is 2.34. The highest BCUT2D eigenvalue weighted by atomic mass is 19.4. The number of halogens is 3. The van der Waals surface area contributed by atoms with Crippen molar-refractivity contribution in [1.82, 2.24) is 10.2 Å². The zero-order valence-electron chi connectivity index (χ0n) is 14.6. The van der Waals surface area contributed by atoms with Crippen LogP contribution in [0.3, 0.4) is 0 Å². The number of nitrogens with one attached hydrogen (secondary N) is 1. The summed E-state index contributed by atoms with van der Waals surface area (Å²) >= 11 is 0. The van der Waals surface area contributed by atoms with Gasteiger partial charge in [-0.3, -0.25) is 9.69 Å². The lowest BCUT2D eigenvalue weighted by atomic mass is 10.1. The fraction of sp³-hybridized carbons (Fsp3) is 0.444. The Morgan fingerprint density at radius 2 is 2.15 bits per heavy atom. The summed E-state index contributed by atoms with van der Waals surface area (Å²) in [6, 6.07) is 5.76. The Labute approximate surface area is 152 Å². The average molecular weight is 384 g/mol. The summed E-state index contributed by atoms with van der Waals surface area (Å²) in [6.45, 7) is -0.533. The van der Waals surface area contributed by atoms with Gasteiger partial charge in [-0.15, -0.1) is 0 Å². The van der Waals surface area contributed by atoms with Gasteiger partial charge in [0.15, 0.2) is 0 Å². The zero-order valence-corrected chi connectivity index (χ0v) is 14.6. The molecule has 0 aliphatic carbocycles. The summed E-state index contributed by atoms with van der Waals surface area (Å²) in [6.07, 6.45) is -3.29. The molecule has 1 atom stereocenters. The maximum atomic E-state index is 12.3. The fourth-order valence-corrected chi connectivity index (χ4v) is 3.30. The van der Waals surface area contributed by atoms with Gasteiger partial charge in [0.2, 0.25) is 5.91 Å². The lowest BCUT2D eigenvalue weighted by molar-refractivity contribution is -0.141. The second kappa shape index (κ2) is 7.59. The molecule has 1 unspecified atom stereocenters. The first kappa shape index (κ1) is 19.2. The highest BCUT2D eigenvalue weighted by Crippen LogP contribution is 2.26. The summed E-state index contributed by atoms with van der Waals surface area (Å²) in [7, 11) is 1.50. The Morgan fingerprint density at radius 1 is 1.37 bits per heavy atom. The predicted molar refractivity (Wildman–Crippen MR) is 91.5 cm³/mol. The van der Waals surface area contributed by atoms with Gasteiger partial charge in [-0.2, -0.15) is 13.2 Å². The Balaban J connectivity index is 1.81. The number of hydrogen-bond donors (Lipinski definition) is 1. The third-order valence-electron chi connectivity index (χ3n) is 4.54. The van der Waals surface area contributed by atoms with E-state index in [0.717, 1.165) is 0 Å². The van der Waals surface area contributed by atoms with Crippen LogP contribution < -0.4 is 15.7 Å². The minimum Gasteiger partial charge on any atom is -0.497 e. The van der Waals surface area contributed by atoms with Gasteiger partial charge < -0.3 is 14.5 Å². The van der Waals surface area contributed by atoms with E-state index in [1.165, 1.54) is 13.2 Å². The molecule has 0 radical (unpaired) electrons. The van der Waals surface area contributed by atoms with Gasteiger partial charge in [0.05, 0.1) is 13.2 Å². The van der Waals surface area contributed by atoms with Crippen LogP contribution in [0, 0.1) is 0 Å². The van der Waals surface area contributed by atoms with Crippen LogP contribution in [0.25, 0.3) is 11.0 Å². The molecule has 1 amide bonds. The van der Waals surface area contributed by atoms with Gasteiger partial charge in [-0.25, -0.2) is 4.79 Å². The second-order valence-corrected chi connectivity index (χ2v) is 6.41. The van der Waals surface area contributed by atoms with Crippen LogP contribution in [0.1, 0.15) is 18.4 Å². The number of nitrogens with zero attached hydrogens (tertiary/aromatic N) is 1. The molecule has 1 aromatic carbocycles. The van der Waals surface area contributed by atoms with E-state index in [1.54, 1.807) is 23.1 Å². The normalized spacial score (nSPS) is 18.0. The van der Waals surface area contributed by atoms with E-state index in [4.69, 9.17) is 9.15 Å². The molecule has 1 fully saturated rings. The molecule has 0 spiro atoms. The highest BCUT2D eigenvalue weighted by molar-refractivity contribution is 5.83. The van der Waals surface area contributed by atoms with Crippen molar-refractivity contribution in [3.8, 4) is 5.75 Å². The number of hydrogen-bond acceptors (Lipinski definition) is 5. The summed E-state index contributed by atoms with van der Waals surface area (Å²) in [4.78, 5) is 25.8. The van der Waals surface area contributed by atoms with Crippen LogP contribution in [0.15, 0.2) is 33.5 Å². The molecule has 1 aromatic heterocycles. The molecule has 1 aliphatic heterocycles. The molecule has 2 aromatic rings. The molecular formula is C18H19F3N2O4. The number of carbonyl (C=O) groups is 1. The topological polar surface area (TPSA) is 71.8 Å². The molecule has 27 heavy (non-hydrogen) atoms. The third kappa shape index (κ3) is 4.60. The van der Waals surface area contributed by atoms with Gasteiger partial charge >= 0.3 is 11.8 Å². The van der Waals surface area contributed by atoms with Gasteiger partial charge in [0.1, 0.15) is 17.9 Å². The van der Waals surface area contributed by atoms with E-state index in [9.17, 15) is 22.8 Å². The van der Waals surface area contributed by atoms with Crippen molar-refractivity contribution in [3.05, 3.63) is 40.2 Å². The average Bonchev–Trinajstić information content (AvgIpc) is 3.06. The number of carbonyl (C=O) groups excluding carboxylic acids is 1. The standard InChI is InChI=1S/C18H19F3N2O4/c1-26-12-4-5-13-11(7-16(24)27-15(13)8-12)9-23-6-2-3-14(23)17(25)22-10-18(19,20)21/h4-5,7-8,14H,2-3,6,9-10H2,1H3,(H,22,25). The number of alkyl halides is 3. The Hall–Kier alpha value is -2.55. The monoisotopic (exact) mass is 384 g/mol. The van der Waals surface area contributed by atoms with Crippen LogP contribution in [-0.2, 0) is 11.3 Å². The second-order valence-electron chi connectivity index (χ2n) is 6.41. The molecule has 0 saturated carbocycles. The van der Waals surface area contributed by atoms with Gasteiger partial charge in [-0.05, 0) is 37.1 Å². The number of rotatable bonds is 5. The molecule has 6 nitrogen and oxygen atoms in total. The van der Waals surface area contributed by atoms with E-state index in [0.29, 0.717) is 41.7 Å². The van der Waals surface area contributed by atoms with Crippen molar-refractivity contribution in [1.29, 1.82) is 0 Å². The van der Waals surface area contributed by atoms with Crippen LogP contribution >= 0.6 is 0 Å². The van der Waals surface area contributed by atoms with E-state index >= 15 is 0 Å². The van der Waals surface area contributed by atoms with Crippen LogP contribution in [0.2, 0.25) is 0 Å². The van der Waals surface area contributed by atoms with Gasteiger partial charge in [-0.1, -0.05) is 0 Å². The molecule has 1 saturated heterocycles. The van der Waals surface area contributed by atoms with Gasteiger partial charge in [0.25, 0.3) is 0 Å². The molecular weight excluding hydrogens is 365 g/mol. The number of amides is 1. The molecule has 9 heteroatoms. The Bertz CT molecular complexity index is 894. The van der Waals surface area contributed by atoms with Crippen molar-refractivity contribution in [2.75, 3.05) is 20.2 Å². The van der Waals surface area contributed by atoms with Crippen molar-refractivity contribution < 1.29 is 27.1 Å². The van der Waals surface area contributed by atoms with Crippen molar-refractivity contribution in [2.24, 2.45) is 0 Å². The SMILES string of the molecule is COc1ccc2c(CN3CCCC3C(=O)NCC(F)(F)F)cc(=O)oc2c1. The number of benzene rings is 1. The van der Waals surface area contributed by atoms with E-state index < -0.39 is 30.3 Å². The van der Waals surface area contributed by atoms with Crippen molar-refractivity contribution in [3.63, 3.8) is 0 Å². The van der Waals surface area contributed by atoms with E-state index in [2.05, 4.69) is 0 Å².